The zero-order valence-electron chi connectivity index (χ0n) is 23.2. The number of aromatic nitrogens is 1. The molecule has 1 aliphatic rings. The summed E-state index contributed by atoms with van der Waals surface area (Å²) in [4.78, 5) is 56.9. The lowest BCUT2D eigenvalue weighted by molar-refractivity contribution is -0.153. The van der Waals surface area contributed by atoms with Gasteiger partial charge in [-0.1, -0.05) is 36.4 Å². The van der Waals surface area contributed by atoms with Gasteiger partial charge in [-0.2, -0.15) is 0 Å². The first kappa shape index (κ1) is 30.0. The molecule has 0 radical (unpaired) electrons. The minimum Gasteiger partial charge on any atom is -0.376 e. The highest BCUT2D eigenvalue weighted by Gasteiger charge is 2.38. The number of thiazole rings is 1. The molecule has 0 spiro atoms. The van der Waals surface area contributed by atoms with Crippen LogP contribution >= 0.6 is 11.3 Å². The third-order valence-corrected chi connectivity index (χ3v) is 7.96. The van der Waals surface area contributed by atoms with Crippen LogP contribution in [0, 0.1) is 6.92 Å². The molecule has 4 N–H and O–H groups in total. The zero-order valence-corrected chi connectivity index (χ0v) is 24.0. The number of likely N-dealkylation sites (tertiary alicyclic amines) is 1. The second kappa shape index (κ2) is 14.1. The second-order valence-corrected chi connectivity index (χ2v) is 10.9. The molecule has 41 heavy (non-hydrogen) atoms. The molecule has 0 bridgehead atoms. The number of likely N-dealkylation sites (N-methyl/N-ethyl adjacent to an activating group) is 1. The third kappa shape index (κ3) is 7.63. The van der Waals surface area contributed by atoms with E-state index in [0.29, 0.717) is 55.0 Å². The number of Topliss-reactive ketones (excluding diaryl/α,β-unsaturated/α-hetero) is 1. The van der Waals surface area contributed by atoms with Crippen molar-refractivity contribution in [1.82, 2.24) is 25.8 Å². The van der Waals surface area contributed by atoms with Gasteiger partial charge >= 0.3 is 0 Å². The van der Waals surface area contributed by atoms with Crippen molar-refractivity contribution in [1.29, 1.82) is 0 Å². The van der Waals surface area contributed by atoms with Gasteiger partial charge in [0.15, 0.2) is 0 Å². The number of ketones is 1. The predicted octanol–water partition coefficient (Wildman–Crippen LogP) is 1.90. The van der Waals surface area contributed by atoms with E-state index in [9.17, 15) is 24.3 Å². The van der Waals surface area contributed by atoms with E-state index >= 15 is 0 Å². The van der Waals surface area contributed by atoms with E-state index in [4.69, 9.17) is 0 Å². The molecule has 2 heterocycles. The van der Waals surface area contributed by atoms with E-state index in [2.05, 4.69) is 20.9 Å². The number of amides is 3. The summed E-state index contributed by atoms with van der Waals surface area (Å²) in [6, 6.07) is 14.5. The monoisotopic (exact) mass is 577 g/mol. The van der Waals surface area contributed by atoms with Crippen LogP contribution in [0.3, 0.4) is 0 Å². The largest absolute Gasteiger partial charge is 0.376 e. The number of aliphatic hydroxyl groups is 1. The SMILES string of the molecule is CNCCNC(=O)c1cccc([C@H]2CCCN2C(=O)C(=O)C(O)C(=O)NCc2nc(Cc3ccccc3C)cs2)c1. The van der Waals surface area contributed by atoms with Gasteiger partial charge in [-0.25, -0.2) is 4.98 Å². The average Bonchev–Trinajstić information content (AvgIpc) is 3.66. The number of aryl methyl sites for hydroxylation is 1. The van der Waals surface area contributed by atoms with Gasteiger partial charge in [0, 0.05) is 37.0 Å². The lowest BCUT2D eigenvalue weighted by atomic mass is 10.0. The Morgan fingerprint density at radius 1 is 1.10 bits per heavy atom. The summed E-state index contributed by atoms with van der Waals surface area (Å²) in [5.74, 6) is -3.29. The summed E-state index contributed by atoms with van der Waals surface area (Å²) in [5.41, 5.74) is 4.36. The van der Waals surface area contributed by atoms with E-state index in [1.54, 1.807) is 31.3 Å². The fourth-order valence-corrected chi connectivity index (χ4v) is 5.53. The number of aliphatic hydroxyl groups excluding tert-OH is 1. The molecule has 3 aromatic rings. The average molecular weight is 578 g/mol. The molecule has 2 aromatic carbocycles. The fraction of sp³-hybridized carbons (Fsp3) is 0.367. The Balaban J connectivity index is 1.33. The van der Waals surface area contributed by atoms with Crippen molar-refractivity contribution in [2.75, 3.05) is 26.7 Å². The van der Waals surface area contributed by atoms with E-state index in [1.807, 2.05) is 36.6 Å². The molecule has 10 nitrogen and oxygen atoms in total. The lowest BCUT2D eigenvalue weighted by Crippen LogP contribution is -2.47. The van der Waals surface area contributed by atoms with Crippen LogP contribution in [-0.2, 0) is 27.3 Å². The first-order chi connectivity index (χ1) is 19.8. The lowest BCUT2D eigenvalue weighted by Gasteiger charge is -2.25. The van der Waals surface area contributed by atoms with E-state index in [-0.39, 0.29) is 12.5 Å². The highest BCUT2D eigenvalue weighted by Crippen LogP contribution is 2.32. The van der Waals surface area contributed by atoms with Gasteiger partial charge in [-0.3, -0.25) is 19.2 Å². The van der Waals surface area contributed by atoms with Crippen LogP contribution < -0.4 is 16.0 Å². The van der Waals surface area contributed by atoms with Crippen LogP contribution in [0.1, 0.15) is 56.6 Å². The van der Waals surface area contributed by atoms with Crippen LogP contribution in [0.25, 0.3) is 0 Å². The number of hydrogen-bond acceptors (Lipinski definition) is 8. The van der Waals surface area contributed by atoms with Crippen LogP contribution in [0.5, 0.6) is 0 Å². The number of nitrogens with zero attached hydrogens (tertiary/aromatic N) is 2. The summed E-state index contributed by atoms with van der Waals surface area (Å²) in [6.07, 6.45) is -0.215. The molecule has 1 unspecified atom stereocenters. The maximum Gasteiger partial charge on any atom is 0.293 e. The molecule has 1 aromatic heterocycles. The molecular weight excluding hydrogens is 542 g/mol. The standard InChI is InChI=1S/C30H35N5O5S/c1-19-7-3-4-8-20(19)16-23-18-41-25(34-23)17-33-29(39)26(36)27(37)30(40)35-14-6-11-24(35)21-9-5-10-22(15-21)28(38)32-13-12-31-2/h3-5,7-10,15,18,24,26,31,36H,6,11-14,16-17H2,1-2H3,(H,32,38)(H,33,39)/t24-,26?/m1/s1. The van der Waals surface area contributed by atoms with Crippen LogP contribution in [0.4, 0.5) is 0 Å². The van der Waals surface area contributed by atoms with Crippen molar-refractivity contribution >= 4 is 34.8 Å². The molecule has 4 rings (SSSR count). The highest BCUT2D eigenvalue weighted by molar-refractivity contribution is 7.09. The molecule has 11 heteroatoms. The van der Waals surface area contributed by atoms with Gasteiger partial charge in [0.05, 0.1) is 18.3 Å². The number of nitrogens with one attached hydrogen (secondary N) is 3. The van der Waals surface area contributed by atoms with Crippen molar-refractivity contribution in [2.24, 2.45) is 0 Å². The number of rotatable bonds is 12. The normalized spacial score (nSPS) is 15.4. The molecule has 1 fully saturated rings. The van der Waals surface area contributed by atoms with Gasteiger partial charge in [-0.05, 0) is 55.6 Å². The quantitative estimate of drug-likeness (QED) is 0.146. The fourth-order valence-electron chi connectivity index (χ4n) is 4.80. The maximum atomic E-state index is 13.1. The molecule has 1 saturated heterocycles. The third-order valence-electron chi connectivity index (χ3n) is 7.06. The number of carbonyl (C=O) groups excluding carboxylic acids is 4. The van der Waals surface area contributed by atoms with Crippen LogP contribution in [-0.4, -0.2) is 71.3 Å². The van der Waals surface area contributed by atoms with Crippen molar-refractivity contribution in [3.8, 4) is 0 Å². The van der Waals surface area contributed by atoms with Crippen molar-refractivity contribution in [2.45, 2.75) is 44.9 Å². The molecule has 2 atom stereocenters. The van der Waals surface area contributed by atoms with Gasteiger partial charge < -0.3 is 26.0 Å². The Bertz CT molecular complexity index is 1410. The van der Waals surface area contributed by atoms with Crippen molar-refractivity contribution in [3.63, 3.8) is 0 Å². The molecule has 1 aliphatic heterocycles. The van der Waals surface area contributed by atoms with Gasteiger partial charge in [-0.15, -0.1) is 11.3 Å². The van der Waals surface area contributed by atoms with Gasteiger partial charge in [0.25, 0.3) is 23.5 Å². The van der Waals surface area contributed by atoms with E-state index < -0.39 is 29.7 Å². The topological polar surface area (TPSA) is 141 Å². The van der Waals surface area contributed by atoms with Gasteiger partial charge in [0.1, 0.15) is 5.01 Å². The molecule has 3 amide bonds. The predicted molar refractivity (Wildman–Crippen MR) is 155 cm³/mol. The summed E-state index contributed by atoms with van der Waals surface area (Å²) in [6.45, 7) is 3.48. The minimum absolute atomic E-state index is 0.0331. The van der Waals surface area contributed by atoms with E-state index in [1.165, 1.54) is 21.8 Å². The first-order valence-electron chi connectivity index (χ1n) is 13.6. The maximum absolute atomic E-state index is 13.1. The van der Waals surface area contributed by atoms with Crippen LogP contribution in [0.2, 0.25) is 0 Å². The Morgan fingerprint density at radius 3 is 2.68 bits per heavy atom. The van der Waals surface area contributed by atoms with Crippen molar-refractivity contribution < 1.29 is 24.3 Å². The Labute approximate surface area is 243 Å². The minimum atomic E-state index is -2.13. The number of benzene rings is 2. The Kier molecular flexibility index (Phi) is 10.3. The summed E-state index contributed by atoms with van der Waals surface area (Å²) in [7, 11) is 1.80. The molecule has 216 valence electrons. The van der Waals surface area contributed by atoms with E-state index in [0.717, 1.165) is 11.3 Å². The summed E-state index contributed by atoms with van der Waals surface area (Å²) in [5, 5.41) is 21.3. The van der Waals surface area contributed by atoms with Gasteiger partial charge in [0.2, 0.25) is 6.10 Å². The summed E-state index contributed by atoms with van der Waals surface area (Å²) >= 11 is 1.37. The smallest absolute Gasteiger partial charge is 0.293 e. The Morgan fingerprint density at radius 2 is 1.90 bits per heavy atom. The summed E-state index contributed by atoms with van der Waals surface area (Å²) < 4.78 is 0. The number of carbonyl (C=O) groups is 4. The highest BCUT2D eigenvalue weighted by atomic mass is 32.1. The first-order valence-corrected chi connectivity index (χ1v) is 14.5. The molecular formula is C30H35N5O5S. The second-order valence-electron chi connectivity index (χ2n) is 9.96. The van der Waals surface area contributed by atoms with Crippen LogP contribution in [0.15, 0.2) is 53.9 Å². The number of hydrogen-bond donors (Lipinski definition) is 4. The zero-order chi connectivity index (χ0) is 29.4. The molecule has 0 saturated carbocycles. The molecule has 0 aliphatic carbocycles. The van der Waals surface area contributed by atoms with Crippen molar-refractivity contribution in [3.05, 3.63) is 86.9 Å². The Hall–Kier alpha value is -3.93.